The molecule has 144 valence electrons. The first-order valence-corrected chi connectivity index (χ1v) is 8.85. The van der Waals surface area contributed by atoms with Crippen LogP contribution in [-0.2, 0) is 0 Å². The Morgan fingerprint density at radius 1 is 0.929 bits per heavy atom. The number of benzene rings is 2. The van der Waals surface area contributed by atoms with Crippen LogP contribution in [0.2, 0.25) is 5.15 Å². The van der Waals surface area contributed by atoms with E-state index in [0.717, 1.165) is 17.0 Å². The highest BCUT2D eigenvalue weighted by Gasteiger charge is 2.14. The van der Waals surface area contributed by atoms with Crippen molar-refractivity contribution in [3.05, 3.63) is 71.5 Å². The molecule has 0 aliphatic heterocycles. The number of nitrogens with one attached hydrogen (secondary N) is 1. The van der Waals surface area contributed by atoms with E-state index in [1.165, 1.54) is 0 Å². The molecule has 0 aliphatic carbocycles. The molecule has 6 nitrogen and oxygen atoms in total. The van der Waals surface area contributed by atoms with Crippen molar-refractivity contribution in [2.75, 3.05) is 26.6 Å². The smallest absolute Gasteiger partial charge is 0.154 e. The number of nitrogens with zero attached hydrogens (tertiary/aromatic N) is 2. The fourth-order valence-corrected chi connectivity index (χ4v) is 2.70. The molecule has 0 atom stereocenters. The Morgan fingerprint density at radius 2 is 1.64 bits per heavy atom. The van der Waals surface area contributed by atoms with E-state index in [9.17, 15) is 0 Å². The molecule has 0 unspecified atom stereocenters. The van der Waals surface area contributed by atoms with Crippen LogP contribution in [0.5, 0.6) is 17.2 Å². The van der Waals surface area contributed by atoms with Gasteiger partial charge in [-0.25, -0.2) is 9.98 Å². The summed E-state index contributed by atoms with van der Waals surface area (Å²) in [6.07, 6.45) is 1.62. The van der Waals surface area contributed by atoms with Gasteiger partial charge in [0.25, 0.3) is 0 Å². The number of ether oxygens (including phenoxy) is 3. The van der Waals surface area contributed by atoms with Gasteiger partial charge in [0.05, 0.1) is 26.9 Å². The van der Waals surface area contributed by atoms with Crippen LogP contribution in [0.4, 0.5) is 11.4 Å². The third kappa shape index (κ3) is 4.53. The topological polar surface area (TPSA) is 65.0 Å². The van der Waals surface area contributed by atoms with Crippen molar-refractivity contribution in [2.45, 2.75) is 0 Å². The summed E-state index contributed by atoms with van der Waals surface area (Å²) in [6.45, 7) is 0. The van der Waals surface area contributed by atoms with Crippen molar-refractivity contribution in [1.29, 1.82) is 0 Å². The van der Waals surface area contributed by atoms with Gasteiger partial charge in [-0.2, -0.15) is 0 Å². The van der Waals surface area contributed by atoms with E-state index in [1.807, 2.05) is 36.4 Å². The standard InChI is InChI=1S/C21H20ClN3O3/c1-26-15-8-6-14(7-9-15)24-21(25-18-5-4-12-23-20(18)22)17-11-10-16(27-2)13-19(17)28-3/h4-13H,1-3H3,(H,24,25). The largest absolute Gasteiger partial charge is 0.497 e. The molecule has 0 bridgehead atoms. The number of amidine groups is 1. The molecule has 0 spiro atoms. The normalized spacial score (nSPS) is 11.1. The number of halogens is 1. The summed E-state index contributed by atoms with van der Waals surface area (Å²) in [6, 6.07) is 16.6. The number of aromatic nitrogens is 1. The average Bonchev–Trinajstić information content (AvgIpc) is 2.74. The minimum absolute atomic E-state index is 0.309. The van der Waals surface area contributed by atoms with E-state index >= 15 is 0 Å². The van der Waals surface area contributed by atoms with Gasteiger partial charge in [0.1, 0.15) is 28.8 Å². The van der Waals surface area contributed by atoms with Gasteiger partial charge < -0.3 is 19.5 Å². The third-order valence-corrected chi connectivity index (χ3v) is 4.28. The first kappa shape index (κ1) is 19.5. The summed E-state index contributed by atoms with van der Waals surface area (Å²) < 4.78 is 16.0. The Labute approximate surface area is 168 Å². The van der Waals surface area contributed by atoms with Crippen LogP contribution in [-0.4, -0.2) is 32.1 Å². The molecular weight excluding hydrogens is 378 g/mol. The lowest BCUT2D eigenvalue weighted by Gasteiger charge is -2.15. The van der Waals surface area contributed by atoms with E-state index in [2.05, 4.69) is 15.3 Å². The predicted molar refractivity (Wildman–Crippen MR) is 112 cm³/mol. The molecule has 0 amide bonds. The van der Waals surface area contributed by atoms with E-state index in [-0.39, 0.29) is 0 Å². The van der Waals surface area contributed by atoms with Gasteiger partial charge in [-0.3, -0.25) is 0 Å². The maximum atomic E-state index is 6.21. The van der Waals surface area contributed by atoms with Gasteiger partial charge in [-0.1, -0.05) is 11.6 Å². The van der Waals surface area contributed by atoms with Crippen LogP contribution in [0.3, 0.4) is 0 Å². The lowest BCUT2D eigenvalue weighted by Crippen LogP contribution is -2.15. The van der Waals surface area contributed by atoms with Crippen LogP contribution in [0, 0.1) is 0 Å². The zero-order chi connectivity index (χ0) is 19.9. The summed E-state index contributed by atoms with van der Waals surface area (Å²) >= 11 is 6.21. The SMILES string of the molecule is COc1ccc(NC(=Nc2cccnc2Cl)c2ccc(OC)cc2OC)cc1. The van der Waals surface area contributed by atoms with Gasteiger partial charge in [0.2, 0.25) is 0 Å². The number of methoxy groups -OCH3 is 3. The monoisotopic (exact) mass is 397 g/mol. The lowest BCUT2D eigenvalue weighted by atomic mass is 10.1. The van der Waals surface area contributed by atoms with Crippen molar-refractivity contribution in [1.82, 2.24) is 4.98 Å². The minimum Gasteiger partial charge on any atom is -0.497 e. The second kappa shape index (κ2) is 9.10. The highest BCUT2D eigenvalue weighted by Crippen LogP contribution is 2.29. The van der Waals surface area contributed by atoms with Gasteiger partial charge in [-0.15, -0.1) is 0 Å². The summed E-state index contributed by atoms with van der Waals surface area (Å²) in [5, 5.41) is 3.63. The fraction of sp³-hybridized carbons (Fsp3) is 0.143. The first-order valence-electron chi connectivity index (χ1n) is 8.47. The number of hydrogen-bond donors (Lipinski definition) is 1. The Balaban J connectivity index is 2.07. The van der Waals surface area contributed by atoms with Gasteiger partial charge in [-0.05, 0) is 48.5 Å². The highest BCUT2D eigenvalue weighted by molar-refractivity contribution is 6.32. The Kier molecular flexibility index (Phi) is 6.34. The second-order valence-corrected chi connectivity index (χ2v) is 6.05. The summed E-state index contributed by atoms with van der Waals surface area (Å²) in [5.41, 5.74) is 2.12. The minimum atomic E-state index is 0.309. The molecule has 3 aromatic rings. The average molecular weight is 398 g/mol. The molecule has 1 heterocycles. The third-order valence-electron chi connectivity index (χ3n) is 3.99. The van der Waals surface area contributed by atoms with Crippen molar-refractivity contribution in [2.24, 2.45) is 4.99 Å². The molecule has 0 saturated carbocycles. The zero-order valence-corrected chi connectivity index (χ0v) is 16.5. The predicted octanol–water partition coefficient (Wildman–Crippen LogP) is 4.95. The molecular formula is C21H20ClN3O3. The summed E-state index contributed by atoms with van der Waals surface area (Å²) in [5.74, 6) is 2.61. The van der Waals surface area contributed by atoms with Gasteiger partial charge in [0, 0.05) is 18.0 Å². The maximum Gasteiger partial charge on any atom is 0.154 e. The molecule has 1 N–H and O–H groups in total. The maximum absolute atomic E-state index is 6.21. The molecule has 7 heteroatoms. The van der Waals surface area contributed by atoms with Crippen molar-refractivity contribution in [3.63, 3.8) is 0 Å². The van der Waals surface area contributed by atoms with Crippen molar-refractivity contribution >= 4 is 28.8 Å². The number of hydrogen-bond acceptors (Lipinski definition) is 5. The van der Waals surface area contributed by atoms with E-state index < -0.39 is 0 Å². The number of rotatable bonds is 6. The van der Waals surface area contributed by atoms with Crippen LogP contribution < -0.4 is 19.5 Å². The number of anilines is 1. The summed E-state index contributed by atoms with van der Waals surface area (Å²) in [4.78, 5) is 8.78. The quantitative estimate of drug-likeness (QED) is 0.362. The highest BCUT2D eigenvalue weighted by atomic mass is 35.5. The van der Waals surface area contributed by atoms with Crippen LogP contribution in [0.15, 0.2) is 65.8 Å². The molecule has 2 aromatic carbocycles. The van der Waals surface area contributed by atoms with Crippen molar-refractivity contribution in [3.8, 4) is 17.2 Å². The van der Waals surface area contributed by atoms with Crippen LogP contribution in [0.1, 0.15) is 5.56 Å². The molecule has 0 radical (unpaired) electrons. The van der Waals surface area contributed by atoms with E-state index in [4.69, 9.17) is 25.8 Å². The van der Waals surface area contributed by atoms with E-state index in [1.54, 1.807) is 45.7 Å². The molecule has 0 fully saturated rings. The Morgan fingerprint density at radius 3 is 2.29 bits per heavy atom. The zero-order valence-electron chi connectivity index (χ0n) is 15.8. The molecule has 0 saturated heterocycles. The summed E-state index contributed by atoms with van der Waals surface area (Å²) in [7, 11) is 4.83. The van der Waals surface area contributed by atoms with Gasteiger partial charge in [0.15, 0.2) is 5.15 Å². The number of pyridine rings is 1. The first-order chi connectivity index (χ1) is 13.6. The van der Waals surface area contributed by atoms with Gasteiger partial charge >= 0.3 is 0 Å². The lowest BCUT2D eigenvalue weighted by molar-refractivity contribution is 0.394. The molecule has 0 aliphatic rings. The van der Waals surface area contributed by atoms with Crippen LogP contribution >= 0.6 is 11.6 Å². The van der Waals surface area contributed by atoms with E-state index in [0.29, 0.717) is 28.2 Å². The Bertz CT molecular complexity index is 975. The fourth-order valence-electron chi connectivity index (χ4n) is 2.54. The molecule has 1 aromatic heterocycles. The van der Waals surface area contributed by atoms with Crippen LogP contribution in [0.25, 0.3) is 0 Å². The number of aliphatic imine (C=N–C) groups is 1. The molecule has 3 rings (SSSR count). The Hall–Kier alpha value is -3.25. The molecule has 28 heavy (non-hydrogen) atoms. The van der Waals surface area contributed by atoms with Crippen molar-refractivity contribution < 1.29 is 14.2 Å². The second-order valence-electron chi connectivity index (χ2n) is 5.69.